The summed E-state index contributed by atoms with van der Waals surface area (Å²) in [5, 5.41) is 9.68. The molecule has 1 rings (SSSR count). The van der Waals surface area contributed by atoms with Gasteiger partial charge >= 0.3 is 0 Å². The third kappa shape index (κ3) is 2.78. The van der Waals surface area contributed by atoms with Crippen LogP contribution in [0.4, 0.5) is 0 Å². The van der Waals surface area contributed by atoms with Gasteiger partial charge in [0, 0.05) is 31.5 Å². The highest BCUT2D eigenvalue weighted by Crippen LogP contribution is 2.28. The second-order valence-corrected chi connectivity index (χ2v) is 4.52. The van der Waals surface area contributed by atoms with Gasteiger partial charge in [-0.1, -0.05) is 13.8 Å². The molecule has 0 aliphatic carbocycles. The molecular weight excluding hydrogens is 166 g/mol. The number of rotatable bonds is 3. The zero-order valence-corrected chi connectivity index (χ0v) is 8.49. The van der Waals surface area contributed by atoms with Crippen molar-refractivity contribution in [2.45, 2.75) is 32.8 Å². The number of nitrogens with zero attached hydrogens (tertiary/aromatic N) is 1. The maximum atomic E-state index is 10.2. The second kappa shape index (κ2) is 4.20. The Morgan fingerprint density at radius 1 is 1.62 bits per heavy atom. The molecule has 1 unspecified atom stereocenters. The number of aliphatic hydroxyl groups is 1. The topological polar surface area (TPSA) is 40.5 Å². The number of hydrogen-bond acceptors (Lipinski definition) is 3. The van der Waals surface area contributed by atoms with Crippen molar-refractivity contribution < 1.29 is 9.90 Å². The highest BCUT2D eigenvalue weighted by molar-refractivity contribution is 5.49. The number of piperidine rings is 1. The highest BCUT2D eigenvalue weighted by Gasteiger charge is 2.33. The Bertz CT molecular complexity index is 180. The number of aliphatic hydroxyl groups excluding tert-OH is 1. The molecule has 3 heteroatoms. The van der Waals surface area contributed by atoms with Crippen LogP contribution in [0.5, 0.6) is 0 Å². The number of carbonyl (C=O) groups excluding carboxylic acids is 1. The van der Waals surface area contributed by atoms with E-state index in [9.17, 15) is 9.90 Å². The van der Waals surface area contributed by atoms with Crippen LogP contribution in [-0.4, -0.2) is 42.0 Å². The van der Waals surface area contributed by atoms with Crippen molar-refractivity contribution in [2.75, 3.05) is 19.6 Å². The molecule has 0 bridgehead atoms. The molecule has 0 aromatic rings. The summed E-state index contributed by atoms with van der Waals surface area (Å²) in [6.45, 7) is 6.79. The van der Waals surface area contributed by atoms with E-state index in [1.165, 1.54) is 0 Å². The van der Waals surface area contributed by atoms with Crippen LogP contribution in [-0.2, 0) is 4.79 Å². The summed E-state index contributed by atoms with van der Waals surface area (Å²) in [4.78, 5) is 12.4. The molecule has 1 heterocycles. The minimum atomic E-state index is -0.194. The van der Waals surface area contributed by atoms with Gasteiger partial charge in [0.2, 0.25) is 0 Å². The molecule has 0 radical (unpaired) electrons. The van der Waals surface area contributed by atoms with Gasteiger partial charge in [-0.15, -0.1) is 0 Å². The van der Waals surface area contributed by atoms with Crippen LogP contribution in [0.2, 0.25) is 0 Å². The Hall–Kier alpha value is -0.410. The van der Waals surface area contributed by atoms with Gasteiger partial charge in [-0.25, -0.2) is 0 Å². The van der Waals surface area contributed by atoms with Crippen molar-refractivity contribution in [2.24, 2.45) is 5.41 Å². The second-order valence-electron chi connectivity index (χ2n) is 4.52. The van der Waals surface area contributed by atoms with Crippen molar-refractivity contribution in [1.29, 1.82) is 0 Å². The van der Waals surface area contributed by atoms with E-state index >= 15 is 0 Å². The highest BCUT2D eigenvalue weighted by atomic mass is 16.3. The monoisotopic (exact) mass is 185 g/mol. The molecule has 0 spiro atoms. The third-order valence-electron chi connectivity index (χ3n) is 2.82. The number of carbonyl (C=O) groups is 1. The van der Waals surface area contributed by atoms with Gasteiger partial charge in [0.15, 0.2) is 0 Å². The summed E-state index contributed by atoms with van der Waals surface area (Å²) < 4.78 is 0. The van der Waals surface area contributed by atoms with Crippen LogP contribution in [0.15, 0.2) is 0 Å². The molecule has 76 valence electrons. The van der Waals surface area contributed by atoms with Crippen molar-refractivity contribution >= 4 is 6.29 Å². The van der Waals surface area contributed by atoms with Crippen molar-refractivity contribution in [1.82, 2.24) is 4.90 Å². The molecule has 0 amide bonds. The average molecular weight is 185 g/mol. The lowest BCUT2D eigenvalue weighted by molar-refractivity contribution is -0.108. The van der Waals surface area contributed by atoms with E-state index in [1.807, 2.05) is 0 Å². The van der Waals surface area contributed by atoms with Gasteiger partial charge < -0.3 is 14.8 Å². The summed E-state index contributed by atoms with van der Waals surface area (Å²) in [6, 6.07) is 0. The maximum Gasteiger partial charge on any atom is 0.121 e. The normalized spacial score (nSPS) is 28.7. The van der Waals surface area contributed by atoms with E-state index in [1.54, 1.807) is 0 Å². The average Bonchev–Trinajstić information content (AvgIpc) is 2.07. The van der Waals surface area contributed by atoms with Crippen LogP contribution in [0.1, 0.15) is 26.7 Å². The Balaban J connectivity index is 2.41. The summed E-state index contributed by atoms with van der Waals surface area (Å²) in [5.74, 6) is 0. The standard InChI is InChI=1S/C10H19NO2/c1-10(2)8-11(5-3-7-12)6-4-9(10)13/h7,9,13H,3-6,8H2,1-2H3. The molecule has 1 fully saturated rings. The minimum Gasteiger partial charge on any atom is -0.392 e. The molecule has 0 saturated carbocycles. The summed E-state index contributed by atoms with van der Waals surface area (Å²) in [5.41, 5.74) is -0.0267. The number of aldehydes is 1. The molecule has 1 atom stereocenters. The Morgan fingerprint density at radius 3 is 2.85 bits per heavy atom. The molecular formula is C10H19NO2. The summed E-state index contributed by atoms with van der Waals surface area (Å²) in [6.07, 6.45) is 2.19. The van der Waals surface area contributed by atoms with Gasteiger partial charge in [-0.3, -0.25) is 0 Å². The fourth-order valence-electron chi connectivity index (χ4n) is 1.88. The smallest absolute Gasteiger partial charge is 0.121 e. The van der Waals surface area contributed by atoms with E-state index < -0.39 is 0 Å². The SMILES string of the molecule is CC1(C)CN(CCC=O)CCC1O. The number of hydrogen-bond donors (Lipinski definition) is 1. The van der Waals surface area contributed by atoms with Gasteiger partial charge in [-0.05, 0) is 6.42 Å². The quantitative estimate of drug-likeness (QED) is 0.657. The first kappa shape index (κ1) is 10.7. The zero-order valence-electron chi connectivity index (χ0n) is 8.49. The molecule has 1 aliphatic rings. The van der Waals surface area contributed by atoms with Crippen molar-refractivity contribution in [3.63, 3.8) is 0 Å². The van der Waals surface area contributed by atoms with Crippen molar-refractivity contribution in [3.05, 3.63) is 0 Å². The largest absolute Gasteiger partial charge is 0.392 e. The lowest BCUT2D eigenvalue weighted by Crippen LogP contribution is -2.48. The van der Waals surface area contributed by atoms with Gasteiger partial charge in [-0.2, -0.15) is 0 Å². The molecule has 3 nitrogen and oxygen atoms in total. The van der Waals surface area contributed by atoms with E-state index in [0.29, 0.717) is 6.42 Å². The molecule has 1 N–H and O–H groups in total. The molecule has 1 saturated heterocycles. The van der Waals surface area contributed by atoms with Gasteiger partial charge in [0.25, 0.3) is 0 Å². The van der Waals surface area contributed by atoms with Crippen LogP contribution in [0.3, 0.4) is 0 Å². The lowest BCUT2D eigenvalue weighted by Gasteiger charge is -2.41. The number of likely N-dealkylation sites (tertiary alicyclic amines) is 1. The fraction of sp³-hybridized carbons (Fsp3) is 0.900. The Kier molecular flexibility index (Phi) is 3.45. The minimum absolute atomic E-state index is 0.0267. The summed E-state index contributed by atoms with van der Waals surface area (Å²) >= 11 is 0. The van der Waals surface area contributed by atoms with Crippen LogP contribution in [0, 0.1) is 5.41 Å². The molecule has 0 aromatic carbocycles. The fourth-order valence-corrected chi connectivity index (χ4v) is 1.88. The van der Waals surface area contributed by atoms with Crippen molar-refractivity contribution in [3.8, 4) is 0 Å². The zero-order chi connectivity index (χ0) is 9.90. The van der Waals surface area contributed by atoms with E-state index in [4.69, 9.17) is 0 Å². The van der Waals surface area contributed by atoms with Gasteiger partial charge in [0.05, 0.1) is 6.10 Å². The molecule has 1 aliphatic heterocycles. The first-order valence-corrected chi connectivity index (χ1v) is 4.90. The molecule has 13 heavy (non-hydrogen) atoms. The first-order valence-electron chi connectivity index (χ1n) is 4.90. The maximum absolute atomic E-state index is 10.2. The Morgan fingerprint density at radius 2 is 2.31 bits per heavy atom. The summed E-state index contributed by atoms with van der Waals surface area (Å²) in [7, 11) is 0. The first-order chi connectivity index (χ1) is 6.06. The van der Waals surface area contributed by atoms with E-state index in [2.05, 4.69) is 18.7 Å². The van der Waals surface area contributed by atoms with E-state index in [0.717, 1.165) is 32.3 Å². The van der Waals surface area contributed by atoms with Gasteiger partial charge in [0.1, 0.15) is 6.29 Å². The third-order valence-corrected chi connectivity index (χ3v) is 2.82. The van der Waals surface area contributed by atoms with Crippen LogP contribution >= 0.6 is 0 Å². The van der Waals surface area contributed by atoms with Crippen LogP contribution in [0.25, 0.3) is 0 Å². The lowest BCUT2D eigenvalue weighted by atomic mass is 9.81. The van der Waals surface area contributed by atoms with E-state index in [-0.39, 0.29) is 11.5 Å². The molecule has 0 aromatic heterocycles. The Labute approximate surface area is 79.7 Å². The van der Waals surface area contributed by atoms with Crippen LogP contribution < -0.4 is 0 Å². The predicted octanol–water partition coefficient (Wildman–Crippen LogP) is 0.668. The predicted molar refractivity (Wildman–Crippen MR) is 51.5 cm³/mol.